The summed E-state index contributed by atoms with van der Waals surface area (Å²) in [6, 6.07) is -1.70. The van der Waals surface area contributed by atoms with E-state index in [2.05, 4.69) is 5.10 Å². The molecule has 0 radical (unpaired) electrons. The molecule has 0 fully saturated rings. The molecule has 1 aromatic rings. The van der Waals surface area contributed by atoms with E-state index in [9.17, 15) is 14.4 Å². The van der Waals surface area contributed by atoms with Crippen LogP contribution in [-0.2, 0) is 16.0 Å². The third kappa shape index (κ3) is 3.30. The van der Waals surface area contributed by atoms with Gasteiger partial charge in [0.05, 0.1) is 12.1 Å². The molecule has 8 nitrogen and oxygen atoms in total. The van der Waals surface area contributed by atoms with E-state index in [1.165, 1.54) is 4.68 Å². The van der Waals surface area contributed by atoms with Gasteiger partial charge < -0.3 is 10.8 Å². The van der Waals surface area contributed by atoms with Gasteiger partial charge in [0, 0.05) is 11.3 Å². The number of urea groups is 1. The number of aromatic nitrogens is 2. The van der Waals surface area contributed by atoms with Gasteiger partial charge in [0.25, 0.3) is 5.91 Å². The predicted octanol–water partition coefficient (Wildman–Crippen LogP) is -0.117. The quantitative estimate of drug-likeness (QED) is 0.701. The minimum Gasteiger partial charge on any atom is -0.481 e. The Hall–Kier alpha value is -2.38. The normalized spacial score (nSPS) is 11.9. The molecule has 0 aliphatic heterocycles. The number of amides is 3. The Bertz CT molecular complexity index is 535. The molecule has 1 unspecified atom stereocenters. The fourth-order valence-electron chi connectivity index (χ4n) is 1.82. The van der Waals surface area contributed by atoms with Gasteiger partial charge in [-0.2, -0.15) is 5.10 Å². The highest BCUT2D eigenvalue weighted by molar-refractivity contribution is 5.95. The Kier molecular flexibility index (Phi) is 4.26. The highest BCUT2D eigenvalue weighted by Crippen LogP contribution is 2.18. The summed E-state index contributed by atoms with van der Waals surface area (Å²) in [5.41, 5.74) is 6.55. The SMILES string of the molecule is Cc1nn(C(C)C(=O)NC(N)=O)c(C)c1CC(=O)O. The van der Waals surface area contributed by atoms with E-state index in [-0.39, 0.29) is 6.42 Å². The zero-order valence-electron chi connectivity index (χ0n) is 10.9. The van der Waals surface area contributed by atoms with Gasteiger partial charge in [0.2, 0.25) is 0 Å². The monoisotopic (exact) mass is 268 g/mol. The molecular formula is C11H16N4O4. The van der Waals surface area contributed by atoms with Crippen LogP contribution in [0, 0.1) is 13.8 Å². The number of hydrogen-bond acceptors (Lipinski definition) is 4. The smallest absolute Gasteiger partial charge is 0.318 e. The summed E-state index contributed by atoms with van der Waals surface area (Å²) < 4.78 is 1.38. The van der Waals surface area contributed by atoms with Crippen LogP contribution in [0.1, 0.15) is 29.9 Å². The summed E-state index contributed by atoms with van der Waals surface area (Å²) in [4.78, 5) is 33.0. The van der Waals surface area contributed by atoms with E-state index in [1.54, 1.807) is 20.8 Å². The summed E-state index contributed by atoms with van der Waals surface area (Å²) in [5, 5.41) is 14.9. The standard InChI is InChI=1S/C11H16N4O4/c1-5-8(4-9(16)17)6(2)15(14-5)7(3)10(18)13-11(12)19/h7H,4H2,1-3H3,(H,16,17)(H3,12,13,18,19). The first-order valence-electron chi connectivity index (χ1n) is 5.60. The first kappa shape index (κ1) is 14.7. The number of imide groups is 1. The molecule has 0 aromatic carbocycles. The summed E-state index contributed by atoms with van der Waals surface area (Å²) >= 11 is 0. The Morgan fingerprint density at radius 1 is 1.42 bits per heavy atom. The predicted molar refractivity (Wildman–Crippen MR) is 65.5 cm³/mol. The van der Waals surface area contributed by atoms with E-state index in [1.807, 2.05) is 5.32 Å². The molecule has 0 aliphatic carbocycles. The maximum Gasteiger partial charge on any atom is 0.318 e. The van der Waals surface area contributed by atoms with Crippen molar-refractivity contribution in [1.29, 1.82) is 0 Å². The van der Waals surface area contributed by atoms with Crippen LogP contribution in [0.5, 0.6) is 0 Å². The number of carbonyl (C=O) groups is 3. The first-order valence-corrected chi connectivity index (χ1v) is 5.60. The van der Waals surface area contributed by atoms with Gasteiger partial charge in [-0.1, -0.05) is 0 Å². The van der Waals surface area contributed by atoms with Crippen LogP contribution < -0.4 is 11.1 Å². The fraction of sp³-hybridized carbons (Fsp3) is 0.455. The first-order chi connectivity index (χ1) is 8.73. The lowest BCUT2D eigenvalue weighted by molar-refractivity contribution is -0.136. The van der Waals surface area contributed by atoms with E-state index >= 15 is 0 Å². The third-order valence-corrected chi connectivity index (χ3v) is 2.80. The van der Waals surface area contributed by atoms with Crippen molar-refractivity contribution in [2.75, 3.05) is 0 Å². The lowest BCUT2D eigenvalue weighted by Crippen LogP contribution is -2.39. The van der Waals surface area contributed by atoms with Crippen molar-refractivity contribution >= 4 is 17.9 Å². The van der Waals surface area contributed by atoms with Crippen molar-refractivity contribution in [3.05, 3.63) is 17.0 Å². The van der Waals surface area contributed by atoms with Gasteiger partial charge in [-0.25, -0.2) is 4.79 Å². The van der Waals surface area contributed by atoms with Crippen molar-refractivity contribution < 1.29 is 19.5 Å². The van der Waals surface area contributed by atoms with E-state index in [4.69, 9.17) is 10.8 Å². The molecule has 104 valence electrons. The van der Waals surface area contributed by atoms with Crippen LogP contribution >= 0.6 is 0 Å². The number of aliphatic carboxylic acids is 1. The largest absolute Gasteiger partial charge is 0.481 e. The summed E-state index contributed by atoms with van der Waals surface area (Å²) in [6.45, 7) is 4.88. The summed E-state index contributed by atoms with van der Waals surface area (Å²) in [6.07, 6.45) is -0.165. The Balaban J connectivity index is 3.05. The van der Waals surface area contributed by atoms with Gasteiger partial charge in [-0.05, 0) is 20.8 Å². The number of rotatable bonds is 4. The van der Waals surface area contributed by atoms with E-state index in [0.29, 0.717) is 17.0 Å². The Morgan fingerprint density at radius 2 is 2.00 bits per heavy atom. The van der Waals surface area contributed by atoms with Crippen molar-refractivity contribution in [3.8, 4) is 0 Å². The zero-order valence-corrected chi connectivity index (χ0v) is 10.9. The number of aryl methyl sites for hydroxylation is 1. The number of hydrogen-bond donors (Lipinski definition) is 3. The van der Waals surface area contributed by atoms with Gasteiger partial charge in [-0.15, -0.1) is 0 Å². The van der Waals surface area contributed by atoms with Crippen molar-refractivity contribution in [1.82, 2.24) is 15.1 Å². The Morgan fingerprint density at radius 3 is 2.47 bits per heavy atom. The number of nitrogens with one attached hydrogen (secondary N) is 1. The number of carboxylic acid groups (broad SMARTS) is 1. The molecule has 1 aromatic heterocycles. The average molecular weight is 268 g/mol. The van der Waals surface area contributed by atoms with E-state index in [0.717, 1.165) is 0 Å². The van der Waals surface area contributed by atoms with Crippen LogP contribution in [0.25, 0.3) is 0 Å². The molecular weight excluding hydrogens is 252 g/mol. The van der Waals surface area contributed by atoms with Crippen molar-refractivity contribution in [3.63, 3.8) is 0 Å². The number of carbonyl (C=O) groups excluding carboxylic acids is 2. The fourth-order valence-corrected chi connectivity index (χ4v) is 1.82. The van der Waals surface area contributed by atoms with Crippen LogP contribution in [0.4, 0.5) is 4.79 Å². The molecule has 0 saturated carbocycles. The number of nitrogens with zero attached hydrogens (tertiary/aromatic N) is 2. The molecule has 0 spiro atoms. The number of carboxylic acids is 1. The zero-order chi connectivity index (χ0) is 14.7. The van der Waals surface area contributed by atoms with Crippen LogP contribution in [0.15, 0.2) is 0 Å². The van der Waals surface area contributed by atoms with Gasteiger partial charge in [0.1, 0.15) is 6.04 Å². The second-order valence-electron chi connectivity index (χ2n) is 4.19. The van der Waals surface area contributed by atoms with Crippen molar-refractivity contribution in [2.24, 2.45) is 5.73 Å². The highest BCUT2D eigenvalue weighted by atomic mass is 16.4. The highest BCUT2D eigenvalue weighted by Gasteiger charge is 2.22. The molecule has 1 atom stereocenters. The molecule has 0 saturated heterocycles. The number of primary amides is 1. The molecule has 4 N–H and O–H groups in total. The lowest BCUT2D eigenvalue weighted by Gasteiger charge is -2.13. The molecule has 19 heavy (non-hydrogen) atoms. The van der Waals surface area contributed by atoms with Crippen LogP contribution in [-0.4, -0.2) is 32.8 Å². The minimum atomic E-state index is -0.972. The van der Waals surface area contributed by atoms with E-state index < -0.39 is 23.9 Å². The molecule has 3 amide bonds. The molecule has 0 aliphatic rings. The van der Waals surface area contributed by atoms with Gasteiger partial charge in [-0.3, -0.25) is 19.6 Å². The maximum atomic E-state index is 11.7. The van der Waals surface area contributed by atoms with Crippen LogP contribution in [0.2, 0.25) is 0 Å². The van der Waals surface area contributed by atoms with Crippen molar-refractivity contribution in [2.45, 2.75) is 33.2 Å². The molecule has 1 heterocycles. The topological polar surface area (TPSA) is 127 Å². The van der Waals surface area contributed by atoms with Crippen LogP contribution in [0.3, 0.4) is 0 Å². The number of nitrogens with two attached hydrogens (primary N) is 1. The summed E-state index contributed by atoms with van der Waals surface area (Å²) in [7, 11) is 0. The lowest BCUT2D eigenvalue weighted by atomic mass is 10.1. The Labute approximate surface area is 109 Å². The second-order valence-corrected chi connectivity index (χ2v) is 4.19. The molecule has 0 bridgehead atoms. The summed E-state index contributed by atoms with van der Waals surface area (Å²) in [5.74, 6) is -1.57. The third-order valence-electron chi connectivity index (χ3n) is 2.80. The molecule has 1 rings (SSSR count). The average Bonchev–Trinajstić information content (AvgIpc) is 2.54. The molecule has 8 heteroatoms. The maximum absolute atomic E-state index is 11.7. The van der Waals surface area contributed by atoms with Gasteiger partial charge in [0.15, 0.2) is 0 Å². The van der Waals surface area contributed by atoms with Gasteiger partial charge >= 0.3 is 12.0 Å². The minimum absolute atomic E-state index is 0.165. The second kappa shape index (κ2) is 5.51.